The van der Waals surface area contributed by atoms with Crippen LogP contribution in [0, 0.1) is 11.3 Å². The molecule has 2 aliphatic rings. The van der Waals surface area contributed by atoms with Crippen molar-refractivity contribution in [2.24, 2.45) is 0 Å². The minimum atomic E-state index is -0.345. The molecule has 1 aromatic heterocycles. The van der Waals surface area contributed by atoms with Crippen LogP contribution < -0.4 is 4.90 Å². The first-order valence-corrected chi connectivity index (χ1v) is 10.6. The van der Waals surface area contributed by atoms with Crippen LogP contribution in [-0.4, -0.2) is 70.2 Å². The van der Waals surface area contributed by atoms with Gasteiger partial charge in [0.05, 0.1) is 36.8 Å². The van der Waals surface area contributed by atoms with E-state index in [2.05, 4.69) is 53.2 Å². The van der Waals surface area contributed by atoms with Crippen LogP contribution in [0.1, 0.15) is 37.1 Å². The molecule has 0 bridgehead atoms. The van der Waals surface area contributed by atoms with Crippen molar-refractivity contribution in [3.63, 3.8) is 0 Å². The summed E-state index contributed by atoms with van der Waals surface area (Å²) in [6, 6.07) is 12.3. The number of nitrogens with zero attached hydrogens (tertiary/aromatic N) is 6. The number of rotatable bonds is 5. The van der Waals surface area contributed by atoms with E-state index in [9.17, 15) is 9.90 Å². The molecule has 1 saturated heterocycles. The largest absolute Gasteiger partial charge is 0.395 e. The maximum atomic E-state index is 13.3. The normalized spacial score (nSPS) is 26.0. The highest BCUT2D eigenvalue weighted by Gasteiger charge is 2.54. The summed E-state index contributed by atoms with van der Waals surface area (Å²) in [5, 5.41) is 18.6. The van der Waals surface area contributed by atoms with E-state index in [0.29, 0.717) is 18.8 Å². The number of aliphatic hydroxyl groups excluding tert-OH is 1. The maximum absolute atomic E-state index is 13.3. The van der Waals surface area contributed by atoms with Gasteiger partial charge in [0.1, 0.15) is 6.07 Å². The molecule has 162 valence electrons. The Bertz CT molecular complexity index is 962. The molecule has 2 aromatic rings. The summed E-state index contributed by atoms with van der Waals surface area (Å²) in [5.74, 6) is 0.0774. The van der Waals surface area contributed by atoms with Crippen LogP contribution in [0.3, 0.4) is 0 Å². The quantitative estimate of drug-likeness (QED) is 0.798. The second-order valence-corrected chi connectivity index (χ2v) is 8.64. The third kappa shape index (κ3) is 3.54. The Morgan fingerprint density at radius 1 is 1.13 bits per heavy atom. The zero-order chi connectivity index (χ0) is 22.1. The molecule has 0 radical (unpaired) electrons. The van der Waals surface area contributed by atoms with Gasteiger partial charge < -0.3 is 10.0 Å². The number of carbonyl (C=O) groups is 1. The summed E-state index contributed by atoms with van der Waals surface area (Å²) in [7, 11) is 4.24. The molecule has 1 aromatic carbocycles. The number of urea groups is 1. The lowest BCUT2D eigenvalue weighted by Crippen LogP contribution is -2.55. The number of amides is 2. The van der Waals surface area contributed by atoms with Crippen molar-refractivity contribution >= 4 is 11.7 Å². The maximum Gasteiger partial charge on any atom is 0.325 e. The molecule has 1 aliphatic heterocycles. The number of nitriles is 1. The fraction of sp³-hybridized carbons (Fsp3) is 0.478. The van der Waals surface area contributed by atoms with Crippen molar-refractivity contribution in [1.82, 2.24) is 19.8 Å². The number of aromatic nitrogens is 2. The standard InChI is InChI=1S/C23H28N6O2/c1-27(2)23(18-6-4-3-5-7-18)10-8-22(9-11-23)17-28(21(31)29(22)12-13-30)19-15-25-20(14-24)26-16-19/h3-7,15-16,30H,8-13,17H2,1-2H3. The molecule has 1 spiro atoms. The number of carbonyl (C=O) groups excluding carboxylic acids is 1. The van der Waals surface area contributed by atoms with Gasteiger partial charge in [-0.3, -0.25) is 9.80 Å². The van der Waals surface area contributed by atoms with Crippen LogP contribution in [0.15, 0.2) is 42.7 Å². The Hall–Kier alpha value is -3.02. The van der Waals surface area contributed by atoms with Crippen molar-refractivity contribution in [2.75, 3.05) is 38.7 Å². The first-order valence-electron chi connectivity index (χ1n) is 10.6. The Balaban J connectivity index is 1.63. The van der Waals surface area contributed by atoms with E-state index in [-0.39, 0.29) is 29.5 Å². The monoisotopic (exact) mass is 420 g/mol. The lowest BCUT2D eigenvalue weighted by Gasteiger charge is -2.51. The third-order valence-corrected chi connectivity index (χ3v) is 7.04. The van der Waals surface area contributed by atoms with Crippen LogP contribution in [-0.2, 0) is 5.54 Å². The van der Waals surface area contributed by atoms with Crippen molar-refractivity contribution in [3.8, 4) is 6.07 Å². The summed E-state index contributed by atoms with van der Waals surface area (Å²) in [4.78, 5) is 27.2. The zero-order valence-corrected chi connectivity index (χ0v) is 18.0. The molecular weight excluding hydrogens is 392 g/mol. The minimum absolute atomic E-state index is 0.0774. The lowest BCUT2D eigenvalue weighted by molar-refractivity contribution is 0.0216. The smallest absolute Gasteiger partial charge is 0.325 e. The number of aliphatic hydroxyl groups is 1. The van der Waals surface area contributed by atoms with E-state index in [4.69, 9.17) is 5.26 Å². The average molecular weight is 421 g/mol. The summed E-state index contributed by atoms with van der Waals surface area (Å²) in [6.07, 6.45) is 6.54. The van der Waals surface area contributed by atoms with Crippen LogP contribution in [0.25, 0.3) is 0 Å². The van der Waals surface area contributed by atoms with Crippen molar-refractivity contribution < 1.29 is 9.90 Å². The predicted octanol–water partition coefficient (Wildman–Crippen LogP) is 2.35. The van der Waals surface area contributed by atoms with E-state index in [1.54, 1.807) is 4.90 Å². The Labute approximate surface area is 182 Å². The van der Waals surface area contributed by atoms with Gasteiger partial charge in [0.15, 0.2) is 0 Å². The minimum Gasteiger partial charge on any atom is -0.395 e. The SMILES string of the molecule is CN(C)C1(c2ccccc2)CCC2(CC1)CN(c1cnc(C#N)nc1)C(=O)N2CCO. The molecule has 1 saturated carbocycles. The Morgan fingerprint density at radius 2 is 1.77 bits per heavy atom. The van der Waals surface area contributed by atoms with E-state index in [1.165, 1.54) is 18.0 Å². The molecule has 2 amide bonds. The van der Waals surface area contributed by atoms with Gasteiger partial charge in [-0.15, -0.1) is 0 Å². The van der Waals surface area contributed by atoms with Crippen molar-refractivity contribution in [3.05, 3.63) is 54.1 Å². The van der Waals surface area contributed by atoms with Gasteiger partial charge in [0.2, 0.25) is 5.82 Å². The molecule has 8 nitrogen and oxygen atoms in total. The Kier molecular flexibility index (Phi) is 5.65. The molecule has 4 rings (SSSR count). The Morgan fingerprint density at radius 3 is 2.32 bits per heavy atom. The molecular formula is C23H28N6O2. The topological polar surface area (TPSA) is 96.6 Å². The second-order valence-electron chi connectivity index (χ2n) is 8.64. The number of β-amino-alcohol motifs (C(OH)–C–C–N with tert-alkyl or cyclic N) is 1. The number of benzene rings is 1. The molecule has 8 heteroatoms. The average Bonchev–Trinajstić information content (AvgIpc) is 3.07. The molecule has 2 fully saturated rings. The van der Waals surface area contributed by atoms with E-state index >= 15 is 0 Å². The van der Waals surface area contributed by atoms with Gasteiger partial charge in [-0.25, -0.2) is 14.8 Å². The van der Waals surface area contributed by atoms with E-state index in [0.717, 1.165) is 25.7 Å². The summed E-state index contributed by atoms with van der Waals surface area (Å²) in [5.41, 5.74) is 1.45. The second kappa shape index (κ2) is 8.25. The number of hydrogen-bond acceptors (Lipinski definition) is 6. The zero-order valence-electron chi connectivity index (χ0n) is 18.0. The van der Waals surface area contributed by atoms with Gasteiger partial charge in [0.25, 0.3) is 0 Å². The lowest BCUT2D eigenvalue weighted by atomic mass is 9.68. The number of anilines is 1. The molecule has 0 unspecified atom stereocenters. The molecule has 2 heterocycles. The fourth-order valence-corrected chi connectivity index (χ4v) is 5.25. The van der Waals surface area contributed by atoms with Crippen molar-refractivity contribution in [2.45, 2.75) is 36.8 Å². The molecule has 1 aliphatic carbocycles. The van der Waals surface area contributed by atoms with E-state index in [1.807, 2.05) is 17.0 Å². The predicted molar refractivity (Wildman–Crippen MR) is 116 cm³/mol. The molecule has 1 N–H and O–H groups in total. The van der Waals surface area contributed by atoms with Crippen LogP contribution in [0.2, 0.25) is 0 Å². The first kappa shape index (κ1) is 21.2. The van der Waals surface area contributed by atoms with Crippen molar-refractivity contribution in [1.29, 1.82) is 5.26 Å². The highest BCUT2D eigenvalue weighted by Crippen LogP contribution is 2.49. The van der Waals surface area contributed by atoms with Crippen LogP contribution >= 0.6 is 0 Å². The third-order valence-electron chi connectivity index (χ3n) is 7.04. The molecule has 31 heavy (non-hydrogen) atoms. The highest BCUT2D eigenvalue weighted by atomic mass is 16.3. The van der Waals surface area contributed by atoms with Crippen LogP contribution in [0.4, 0.5) is 10.5 Å². The fourth-order valence-electron chi connectivity index (χ4n) is 5.25. The van der Waals surface area contributed by atoms with Gasteiger partial charge in [-0.1, -0.05) is 30.3 Å². The summed E-state index contributed by atoms with van der Waals surface area (Å²) < 4.78 is 0. The molecule has 0 atom stereocenters. The summed E-state index contributed by atoms with van der Waals surface area (Å²) in [6.45, 7) is 0.745. The van der Waals surface area contributed by atoms with Gasteiger partial charge in [-0.05, 0) is 45.3 Å². The summed E-state index contributed by atoms with van der Waals surface area (Å²) >= 11 is 0. The van der Waals surface area contributed by atoms with Gasteiger partial charge in [-0.2, -0.15) is 5.26 Å². The van der Waals surface area contributed by atoms with E-state index < -0.39 is 0 Å². The van der Waals surface area contributed by atoms with Gasteiger partial charge in [0, 0.05) is 12.1 Å². The van der Waals surface area contributed by atoms with Crippen LogP contribution in [0.5, 0.6) is 0 Å². The van der Waals surface area contributed by atoms with Gasteiger partial charge >= 0.3 is 6.03 Å². The number of hydrogen-bond donors (Lipinski definition) is 1. The highest BCUT2D eigenvalue weighted by molar-refractivity contribution is 5.95. The first-order chi connectivity index (χ1) is 15.0.